The first-order valence-electron chi connectivity index (χ1n) is 7.87. The highest BCUT2D eigenvalue weighted by molar-refractivity contribution is 9.10. The van der Waals surface area contributed by atoms with Gasteiger partial charge in [0.2, 0.25) is 0 Å². The summed E-state index contributed by atoms with van der Waals surface area (Å²) in [6.07, 6.45) is 3.99. The van der Waals surface area contributed by atoms with Gasteiger partial charge in [0, 0.05) is 30.1 Å². The van der Waals surface area contributed by atoms with Crippen molar-refractivity contribution in [3.05, 3.63) is 28.2 Å². The summed E-state index contributed by atoms with van der Waals surface area (Å²) in [4.78, 5) is 2.52. The summed E-state index contributed by atoms with van der Waals surface area (Å²) >= 11 is 3.75. The Balaban J connectivity index is 1.99. The SMILES string of the molecule is CCC1CCN(c2ccc(CNC(C)C)cc2Br)CC1. The molecule has 2 rings (SSSR count). The zero-order valence-electron chi connectivity index (χ0n) is 13.0. The van der Waals surface area contributed by atoms with Gasteiger partial charge in [0.15, 0.2) is 0 Å². The molecule has 0 unspecified atom stereocenters. The van der Waals surface area contributed by atoms with Gasteiger partial charge >= 0.3 is 0 Å². The van der Waals surface area contributed by atoms with E-state index in [1.807, 2.05) is 0 Å². The summed E-state index contributed by atoms with van der Waals surface area (Å²) in [6.45, 7) is 10.0. The lowest BCUT2D eigenvalue weighted by Gasteiger charge is -2.34. The highest BCUT2D eigenvalue weighted by Gasteiger charge is 2.19. The molecule has 0 aromatic heterocycles. The molecule has 20 heavy (non-hydrogen) atoms. The van der Waals surface area contributed by atoms with Crippen LogP contribution in [0.15, 0.2) is 22.7 Å². The fourth-order valence-corrected chi connectivity index (χ4v) is 3.50. The largest absolute Gasteiger partial charge is 0.371 e. The molecule has 1 aromatic rings. The fraction of sp³-hybridized carbons (Fsp3) is 0.647. The minimum Gasteiger partial charge on any atom is -0.371 e. The monoisotopic (exact) mass is 338 g/mol. The number of hydrogen-bond acceptors (Lipinski definition) is 2. The van der Waals surface area contributed by atoms with E-state index < -0.39 is 0 Å². The molecular weight excluding hydrogens is 312 g/mol. The Morgan fingerprint density at radius 1 is 1.30 bits per heavy atom. The Morgan fingerprint density at radius 3 is 2.55 bits per heavy atom. The van der Waals surface area contributed by atoms with Crippen LogP contribution in [0.5, 0.6) is 0 Å². The Bertz CT molecular complexity index is 423. The predicted molar refractivity (Wildman–Crippen MR) is 91.3 cm³/mol. The van der Waals surface area contributed by atoms with Gasteiger partial charge in [-0.25, -0.2) is 0 Å². The summed E-state index contributed by atoms with van der Waals surface area (Å²) in [5.41, 5.74) is 2.70. The molecule has 1 aromatic carbocycles. The van der Waals surface area contributed by atoms with Crippen molar-refractivity contribution in [1.29, 1.82) is 0 Å². The van der Waals surface area contributed by atoms with E-state index >= 15 is 0 Å². The van der Waals surface area contributed by atoms with Crippen molar-refractivity contribution in [3.63, 3.8) is 0 Å². The Morgan fingerprint density at radius 2 is 2.00 bits per heavy atom. The van der Waals surface area contributed by atoms with Gasteiger partial charge in [-0.3, -0.25) is 0 Å². The predicted octanol–water partition coefficient (Wildman–Crippen LogP) is 4.57. The van der Waals surface area contributed by atoms with E-state index in [-0.39, 0.29) is 0 Å². The number of halogens is 1. The lowest BCUT2D eigenvalue weighted by atomic mass is 9.94. The number of piperidine rings is 1. The molecule has 2 nitrogen and oxygen atoms in total. The molecular formula is C17H27BrN2. The first-order chi connectivity index (χ1) is 9.60. The third kappa shape index (κ3) is 4.23. The minimum atomic E-state index is 0.529. The first-order valence-corrected chi connectivity index (χ1v) is 8.66. The lowest BCUT2D eigenvalue weighted by Crippen LogP contribution is -2.33. The highest BCUT2D eigenvalue weighted by Crippen LogP contribution is 2.31. The molecule has 1 N–H and O–H groups in total. The van der Waals surface area contributed by atoms with Gasteiger partial charge in [-0.2, -0.15) is 0 Å². The van der Waals surface area contributed by atoms with Gasteiger partial charge in [-0.15, -0.1) is 0 Å². The van der Waals surface area contributed by atoms with Gasteiger partial charge in [0.25, 0.3) is 0 Å². The van der Waals surface area contributed by atoms with E-state index in [1.165, 1.54) is 48.1 Å². The van der Waals surface area contributed by atoms with Crippen molar-refractivity contribution in [2.45, 2.75) is 52.6 Å². The first kappa shape index (κ1) is 15.8. The van der Waals surface area contributed by atoms with Crippen LogP contribution in [0.1, 0.15) is 45.6 Å². The lowest BCUT2D eigenvalue weighted by molar-refractivity contribution is 0.395. The van der Waals surface area contributed by atoms with Gasteiger partial charge in [-0.05, 0) is 52.4 Å². The smallest absolute Gasteiger partial charge is 0.0510 e. The quantitative estimate of drug-likeness (QED) is 0.845. The van der Waals surface area contributed by atoms with Gasteiger partial charge in [-0.1, -0.05) is 33.3 Å². The third-order valence-corrected chi connectivity index (χ3v) is 4.89. The standard InChI is InChI=1S/C17H27BrN2/c1-4-14-7-9-20(10-8-14)17-6-5-15(11-16(17)18)12-19-13(2)3/h5-6,11,13-14,19H,4,7-10,12H2,1-3H3. The van der Waals surface area contributed by atoms with Crippen LogP contribution in [-0.2, 0) is 6.54 Å². The van der Waals surface area contributed by atoms with Crippen molar-refractivity contribution in [3.8, 4) is 0 Å². The summed E-state index contributed by atoms with van der Waals surface area (Å²) in [7, 11) is 0. The zero-order chi connectivity index (χ0) is 14.5. The van der Waals surface area contributed by atoms with Crippen LogP contribution >= 0.6 is 15.9 Å². The van der Waals surface area contributed by atoms with Crippen LogP contribution in [0, 0.1) is 5.92 Å². The molecule has 3 heteroatoms. The number of anilines is 1. The Kier molecular flexibility index (Phi) is 5.91. The summed E-state index contributed by atoms with van der Waals surface area (Å²) in [6, 6.07) is 7.31. The zero-order valence-corrected chi connectivity index (χ0v) is 14.5. The second-order valence-electron chi connectivity index (χ2n) is 6.16. The van der Waals surface area contributed by atoms with E-state index in [9.17, 15) is 0 Å². The maximum atomic E-state index is 3.75. The number of hydrogen-bond donors (Lipinski definition) is 1. The third-order valence-electron chi connectivity index (χ3n) is 4.26. The molecule has 0 saturated carbocycles. The van der Waals surface area contributed by atoms with Crippen LogP contribution in [0.25, 0.3) is 0 Å². The van der Waals surface area contributed by atoms with Crippen LogP contribution in [0.2, 0.25) is 0 Å². The summed E-state index contributed by atoms with van der Waals surface area (Å²) in [5.74, 6) is 0.930. The van der Waals surface area contributed by atoms with Gasteiger partial charge < -0.3 is 10.2 Å². The number of nitrogens with zero attached hydrogens (tertiary/aromatic N) is 1. The van der Waals surface area contributed by atoms with Crippen LogP contribution < -0.4 is 10.2 Å². The van der Waals surface area contributed by atoms with E-state index in [0.717, 1.165) is 12.5 Å². The van der Waals surface area contributed by atoms with Crippen molar-refractivity contribution >= 4 is 21.6 Å². The van der Waals surface area contributed by atoms with E-state index in [0.29, 0.717) is 6.04 Å². The molecule has 0 radical (unpaired) electrons. The molecule has 112 valence electrons. The van der Waals surface area contributed by atoms with Gasteiger partial charge in [0.1, 0.15) is 0 Å². The van der Waals surface area contributed by atoms with Crippen LogP contribution in [0.3, 0.4) is 0 Å². The van der Waals surface area contributed by atoms with E-state index in [2.05, 4.69) is 65.1 Å². The van der Waals surface area contributed by atoms with E-state index in [4.69, 9.17) is 0 Å². The molecule has 1 heterocycles. The Labute approximate surface area is 132 Å². The average molecular weight is 339 g/mol. The summed E-state index contributed by atoms with van der Waals surface area (Å²) < 4.78 is 1.23. The average Bonchev–Trinajstić information content (AvgIpc) is 2.45. The topological polar surface area (TPSA) is 15.3 Å². The fourth-order valence-electron chi connectivity index (χ4n) is 2.82. The maximum Gasteiger partial charge on any atom is 0.0510 e. The molecule has 0 atom stereocenters. The molecule has 1 fully saturated rings. The highest BCUT2D eigenvalue weighted by atomic mass is 79.9. The van der Waals surface area contributed by atoms with E-state index in [1.54, 1.807) is 0 Å². The number of rotatable bonds is 5. The molecule has 0 bridgehead atoms. The molecule has 0 amide bonds. The Hall–Kier alpha value is -0.540. The summed E-state index contributed by atoms with van der Waals surface area (Å²) in [5, 5.41) is 3.47. The minimum absolute atomic E-state index is 0.529. The molecule has 0 spiro atoms. The number of nitrogens with one attached hydrogen (secondary N) is 1. The van der Waals surface area contributed by atoms with Gasteiger partial charge in [0.05, 0.1) is 5.69 Å². The van der Waals surface area contributed by atoms with Crippen molar-refractivity contribution in [2.75, 3.05) is 18.0 Å². The van der Waals surface area contributed by atoms with Crippen molar-refractivity contribution in [2.24, 2.45) is 5.92 Å². The normalized spacial score (nSPS) is 16.9. The second-order valence-corrected chi connectivity index (χ2v) is 7.01. The van der Waals surface area contributed by atoms with Crippen LogP contribution in [-0.4, -0.2) is 19.1 Å². The molecule has 1 aliphatic heterocycles. The van der Waals surface area contributed by atoms with Crippen LogP contribution in [0.4, 0.5) is 5.69 Å². The maximum absolute atomic E-state index is 3.75. The van der Waals surface area contributed by atoms with Crippen molar-refractivity contribution < 1.29 is 0 Å². The molecule has 1 aliphatic rings. The van der Waals surface area contributed by atoms with Crippen molar-refractivity contribution in [1.82, 2.24) is 5.32 Å². The molecule has 0 aliphatic carbocycles. The molecule has 1 saturated heterocycles. The number of benzene rings is 1. The second kappa shape index (κ2) is 7.46.